The van der Waals surface area contributed by atoms with E-state index in [1.165, 1.54) is 12.8 Å². The van der Waals surface area contributed by atoms with Gasteiger partial charge in [0, 0.05) is 43.7 Å². The number of rotatable bonds is 4. The molecule has 1 aliphatic heterocycles. The standard InChI is InChI=1S/C22H26N6O2/c1-27-18-11-12-28(22(29)23-16-9-5-6-10-16)14-17(18)20(25-27)21-24-19(26-30-21)13-15-7-3-2-4-8-15/h2-4,7-8,16H,5-6,9-14H2,1H3,(H,23,29). The van der Waals surface area contributed by atoms with Crippen LogP contribution in [0.3, 0.4) is 0 Å². The molecule has 5 rings (SSSR count). The Hall–Kier alpha value is -3.16. The minimum Gasteiger partial charge on any atom is -0.335 e. The molecule has 3 aromatic rings. The van der Waals surface area contributed by atoms with E-state index in [1.54, 1.807) is 0 Å². The first-order chi connectivity index (χ1) is 14.7. The molecule has 2 aliphatic rings. The van der Waals surface area contributed by atoms with Crippen molar-refractivity contribution in [3.63, 3.8) is 0 Å². The number of fused-ring (bicyclic) bond motifs is 1. The van der Waals surface area contributed by atoms with Crippen LogP contribution in [-0.2, 0) is 26.4 Å². The molecule has 8 heteroatoms. The van der Waals surface area contributed by atoms with Crippen LogP contribution in [0.1, 0.15) is 48.3 Å². The van der Waals surface area contributed by atoms with Gasteiger partial charge in [0.05, 0.1) is 6.54 Å². The number of carbonyl (C=O) groups is 1. The lowest BCUT2D eigenvalue weighted by Gasteiger charge is -2.29. The van der Waals surface area contributed by atoms with Gasteiger partial charge in [-0.25, -0.2) is 4.79 Å². The molecular weight excluding hydrogens is 380 g/mol. The third kappa shape index (κ3) is 3.69. The van der Waals surface area contributed by atoms with Crippen molar-refractivity contribution in [3.05, 3.63) is 53.0 Å². The van der Waals surface area contributed by atoms with E-state index in [0.29, 0.717) is 43.0 Å². The Bertz CT molecular complexity index is 1040. The first-order valence-corrected chi connectivity index (χ1v) is 10.6. The van der Waals surface area contributed by atoms with Gasteiger partial charge in [-0.15, -0.1) is 0 Å². The molecule has 0 unspecified atom stereocenters. The highest BCUT2D eigenvalue weighted by Gasteiger charge is 2.30. The van der Waals surface area contributed by atoms with Crippen molar-refractivity contribution in [3.8, 4) is 11.6 Å². The summed E-state index contributed by atoms with van der Waals surface area (Å²) in [4.78, 5) is 19.2. The monoisotopic (exact) mass is 406 g/mol. The van der Waals surface area contributed by atoms with Crippen molar-refractivity contribution in [1.29, 1.82) is 0 Å². The van der Waals surface area contributed by atoms with E-state index in [-0.39, 0.29) is 6.03 Å². The molecule has 156 valence electrons. The van der Waals surface area contributed by atoms with Crippen LogP contribution in [0.25, 0.3) is 11.6 Å². The number of aryl methyl sites for hydroxylation is 1. The summed E-state index contributed by atoms with van der Waals surface area (Å²) in [6.45, 7) is 1.20. The van der Waals surface area contributed by atoms with Gasteiger partial charge in [0.1, 0.15) is 0 Å². The molecule has 2 amide bonds. The largest absolute Gasteiger partial charge is 0.335 e. The lowest BCUT2D eigenvalue weighted by atomic mass is 10.1. The summed E-state index contributed by atoms with van der Waals surface area (Å²) in [5.74, 6) is 1.04. The molecule has 30 heavy (non-hydrogen) atoms. The number of nitrogens with zero attached hydrogens (tertiary/aromatic N) is 5. The highest BCUT2D eigenvalue weighted by Crippen LogP contribution is 2.29. The molecule has 3 heterocycles. The maximum absolute atomic E-state index is 12.8. The number of hydrogen-bond donors (Lipinski definition) is 1. The van der Waals surface area contributed by atoms with E-state index >= 15 is 0 Å². The van der Waals surface area contributed by atoms with Crippen LogP contribution in [0.4, 0.5) is 4.79 Å². The molecule has 1 fully saturated rings. The summed E-state index contributed by atoms with van der Waals surface area (Å²) < 4.78 is 7.42. The van der Waals surface area contributed by atoms with Gasteiger partial charge in [0.2, 0.25) is 0 Å². The van der Waals surface area contributed by atoms with Gasteiger partial charge in [-0.2, -0.15) is 10.1 Å². The topological polar surface area (TPSA) is 89.1 Å². The lowest BCUT2D eigenvalue weighted by Crippen LogP contribution is -2.46. The summed E-state index contributed by atoms with van der Waals surface area (Å²) in [6.07, 6.45) is 5.93. The fourth-order valence-electron chi connectivity index (χ4n) is 4.47. The molecule has 8 nitrogen and oxygen atoms in total. The fourth-order valence-corrected chi connectivity index (χ4v) is 4.47. The number of amides is 2. The van der Waals surface area contributed by atoms with Crippen molar-refractivity contribution in [2.45, 2.75) is 51.1 Å². The Balaban J connectivity index is 1.35. The first-order valence-electron chi connectivity index (χ1n) is 10.6. The molecule has 2 aromatic heterocycles. The Kier molecular flexibility index (Phi) is 4.98. The first kappa shape index (κ1) is 18.8. The Morgan fingerprint density at radius 1 is 1.23 bits per heavy atom. The van der Waals surface area contributed by atoms with Crippen LogP contribution in [-0.4, -0.2) is 43.4 Å². The van der Waals surface area contributed by atoms with E-state index in [2.05, 4.69) is 20.6 Å². The molecule has 0 saturated heterocycles. The number of hydrogen-bond acceptors (Lipinski definition) is 5. The smallest absolute Gasteiger partial charge is 0.317 e. The van der Waals surface area contributed by atoms with Gasteiger partial charge in [0.15, 0.2) is 11.5 Å². The minimum absolute atomic E-state index is 0.0117. The van der Waals surface area contributed by atoms with E-state index in [0.717, 1.165) is 36.1 Å². The second-order valence-electron chi connectivity index (χ2n) is 8.18. The Morgan fingerprint density at radius 3 is 2.83 bits per heavy atom. The van der Waals surface area contributed by atoms with Crippen molar-refractivity contribution in [1.82, 2.24) is 30.1 Å². The van der Waals surface area contributed by atoms with Gasteiger partial charge in [-0.3, -0.25) is 4.68 Å². The Labute approximate surface area is 175 Å². The summed E-state index contributed by atoms with van der Waals surface area (Å²) >= 11 is 0. The SMILES string of the molecule is Cn1nc(-c2nc(Cc3ccccc3)no2)c2c1CCN(C(=O)NC1CCCC1)C2. The highest BCUT2D eigenvalue weighted by atomic mass is 16.5. The normalized spacial score (nSPS) is 16.6. The van der Waals surface area contributed by atoms with E-state index in [4.69, 9.17) is 4.52 Å². The predicted molar refractivity (Wildman–Crippen MR) is 111 cm³/mol. The third-order valence-corrected chi connectivity index (χ3v) is 6.09. The van der Waals surface area contributed by atoms with Crippen LogP contribution >= 0.6 is 0 Å². The van der Waals surface area contributed by atoms with Crippen molar-refractivity contribution < 1.29 is 9.32 Å². The molecule has 1 saturated carbocycles. The van der Waals surface area contributed by atoms with Crippen LogP contribution in [0.15, 0.2) is 34.9 Å². The van der Waals surface area contributed by atoms with Crippen LogP contribution in [0, 0.1) is 0 Å². The Morgan fingerprint density at radius 2 is 2.03 bits per heavy atom. The average molecular weight is 406 g/mol. The highest BCUT2D eigenvalue weighted by molar-refractivity contribution is 5.75. The molecule has 1 aromatic carbocycles. The van der Waals surface area contributed by atoms with Gasteiger partial charge in [0.25, 0.3) is 5.89 Å². The van der Waals surface area contributed by atoms with Crippen molar-refractivity contribution in [2.75, 3.05) is 6.54 Å². The zero-order chi connectivity index (χ0) is 20.5. The van der Waals surface area contributed by atoms with Crippen molar-refractivity contribution in [2.24, 2.45) is 7.05 Å². The second kappa shape index (κ2) is 7.93. The van der Waals surface area contributed by atoms with Gasteiger partial charge in [-0.1, -0.05) is 48.3 Å². The fraction of sp³-hybridized carbons (Fsp3) is 0.455. The zero-order valence-corrected chi connectivity index (χ0v) is 17.2. The molecule has 1 N–H and O–H groups in total. The van der Waals surface area contributed by atoms with Crippen LogP contribution in [0.5, 0.6) is 0 Å². The maximum atomic E-state index is 12.8. The van der Waals surface area contributed by atoms with Crippen LogP contribution in [0.2, 0.25) is 0 Å². The molecule has 0 spiro atoms. The number of urea groups is 1. The predicted octanol–water partition coefficient (Wildman–Crippen LogP) is 3.07. The van der Waals surface area contributed by atoms with E-state index < -0.39 is 0 Å². The average Bonchev–Trinajstić information content (AvgIpc) is 3.50. The molecule has 0 atom stereocenters. The number of benzene rings is 1. The number of nitrogens with one attached hydrogen (secondary N) is 1. The number of carbonyl (C=O) groups excluding carboxylic acids is 1. The quantitative estimate of drug-likeness (QED) is 0.719. The third-order valence-electron chi connectivity index (χ3n) is 6.09. The number of aromatic nitrogens is 4. The lowest BCUT2D eigenvalue weighted by molar-refractivity contribution is 0.188. The molecular formula is C22H26N6O2. The molecule has 0 bridgehead atoms. The van der Waals surface area contributed by atoms with Gasteiger partial charge in [-0.05, 0) is 18.4 Å². The van der Waals surface area contributed by atoms with Gasteiger partial charge < -0.3 is 14.7 Å². The van der Waals surface area contributed by atoms with Crippen molar-refractivity contribution >= 4 is 6.03 Å². The van der Waals surface area contributed by atoms with Crippen LogP contribution < -0.4 is 5.32 Å². The maximum Gasteiger partial charge on any atom is 0.317 e. The van der Waals surface area contributed by atoms with E-state index in [9.17, 15) is 4.79 Å². The van der Waals surface area contributed by atoms with Gasteiger partial charge >= 0.3 is 6.03 Å². The summed E-state index contributed by atoms with van der Waals surface area (Å²) in [5.41, 5.74) is 3.93. The second-order valence-corrected chi connectivity index (χ2v) is 8.18. The molecule has 0 radical (unpaired) electrons. The summed E-state index contributed by atoms with van der Waals surface area (Å²) in [7, 11) is 1.93. The zero-order valence-electron chi connectivity index (χ0n) is 17.2. The molecule has 1 aliphatic carbocycles. The van der Waals surface area contributed by atoms with E-state index in [1.807, 2.05) is 47.0 Å². The summed E-state index contributed by atoms with van der Waals surface area (Å²) in [5, 5.41) is 12.0. The summed E-state index contributed by atoms with van der Waals surface area (Å²) in [6, 6.07) is 10.4. The minimum atomic E-state index is 0.0117.